The van der Waals surface area contributed by atoms with Gasteiger partial charge in [0.05, 0.1) is 23.3 Å². The highest BCUT2D eigenvalue weighted by Crippen LogP contribution is 2.26. The van der Waals surface area contributed by atoms with Gasteiger partial charge >= 0.3 is 5.69 Å². The first-order chi connectivity index (χ1) is 21.7. The van der Waals surface area contributed by atoms with E-state index >= 15 is 0 Å². The number of ether oxygens (including phenoxy) is 1. The van der Waals surface area contributed by atoms with E-state index in [2.05, 4.69) is 22.7 Å². The number of aromatic nitrogens is 2. The van der Waals surface area contributed by atoms with Crippen LogP contribution in [0.4, 0.5) is 5.69 Å². The first-order valence-electron chi connectivity index (χ1n) is 15.0. The summed E-state index contributed by atoms with van der Waals surface area (Å²) in [5.41, 5.74) is 13.5. The molecule has 1 aliphatic carbocycles. The normalized spacial score (nSPS) is 14.2. The van der Waals surface area contributed by atoms with Crippen molar-refractivity contribution in [2.45, 2.75) is 32.7 Å². The Kier molecular flexibility index (Phi) is 8.13. The molecule has 0 atom stereocenters. The van der Waals surface area contributed by atoms with Crippen molar-refractivity contribution in [3.63, 3.8) is 0 Å². The maximum atomic E-state index is 14.4. The molecule has 2 heterocycles. The highest BCUT2D eigenvalue weighted by Gasteiger charge is 2.25. The standard InChI is InChI=1S/C36H36N6O3/c1-24-19-20-38-35-34(33(24)37)42(31-18-17-30(22-25(31)2)45-29-12-6-5-7-13-29)36(44)41(35)28-11-8-10-27(23-28)40(4)32(43)14-9-21-39(3)26-15-16-26/h5-14,17-18,20,22-23,26H,15-16,21,37H2,1-4H3/b14-9+. The van der Waals surface area contributed by atoms with Crippen LogP contribution in [-0.2, 0) is 4.79 Å². The molecule has 1 aliphatic heterocycles. The van der Waals surface area contributed by atoms with Crippen molar-refractivity contribution in [1.29, 1.82) is 0 Å². The summed E-state index contributed by atoms with van der Waals surface area (Å²) in [6.07, 6.45) is 7.44. The van der Waals surface area contributed by atoms with Crippen molar-refractivity contribution in [2.75, 3.05) is 25.5 Å². The first kappa shape index (κ1) is 29.7. The van der Waals surface area contributed by atoms with Crippen LogP contribution in [-0.4, -0.2) is 46.6 Å². The smallest absolute Gasteiger partial charge is 0.339 e. The minimum atomic E-state index is -0.344. The summed E-state index contributed by atoms with van der Waals surface area (Å²) in [4.78, 5) is 35.8. The van der Waals surface area contributed by atoms with Crippen LogP contribution in [0, 0.1) is 6.92 Å². The number of rotatable bonds is 9. The molecule has 0 radical (unpaired) electrons. The van der Waals surface area contributed by atoms with Crippen molar-refractivity contribution in [2.24, 2.45) is 10.7 Å². The van der Waals surface area contributed by atoms with Gasteiger partial charge in [-0.1, -0.05) is 36.1 Å². The lowest BCUT2D eigenvalue weighted by Gasteiger charge is -2.17. The van der Waals surface area contributed by atoms with Gasteiger partial charge in [0.1, 0.15) is 16.8 Å². The summed E-state index contributed by atoms with van der Waals surface area (Å²) in [6.45, 7) is 4.48. The second-order valence-electron chi connectivity index (χ2n) is 11.4. The number of hydrogen-bond donors (Lipinski definition) is 1. The number of nitrogens with two attached hydrogens (primary N) is 1. The molecule has 0 saturated heterocycles. The Bertz CT molecular complexity index is 2060. The van der Waals surface area contributed by atoms with Crippen LogP contribution in [0.15, 0.2) is 112 Å². The molecule has 3 aromatic carbocycles. The molecular formula is C36H36N6O3. The van der Waals surface area contributed by atoms with Crippen molar-refractivity contribution >= 4 is 17.3 Å². The van der Waals surface area contributed by atoms with E-state index in [0.717, 1.165) is 17.9 Å². The van der Waals surface area contributed by atoms with Crippen LogP contribution in [0.2, 0.25) is 0 Å². The van der Waals surface area contributed by atoms with E-state index in [9.17, 15) is 9.59 Å². The van der Waals surface area contributed by atoms with Crippen molar-refractivity contribution in [3.8, 4) is 22.9 Å². The van der Waals surface area contributed by atoms with E-state index in [-0.39, 0.29) is 11.6 Å². The molecule has 228 valence electrons. The van der Waals surface area contributed by atoms with Gasteiger partial charge in [0.25, 0.3) is 0 Å². The van der Waals surface area contributed by atoms with Gasteiger partial charge in [-0.15, -0.1) is 0 Å². The van der Waals surface area contributed by atoms with Gasteiger partial charge in [0.15, 0.2) is 5.49 Å². The van der Waals surface area contributed by atoms with Crippen LogP contribution in [0.3, 0.4) is 0 Å². The lowest BCUT2D eigenvalue weighted by molar-refractivity contribution is -0.113. The number of anilines is 1. The summed E-state index contributed by atoms with van der Waals surface area (Å²) < 4.78 is 9.14. The number of likely N-dealkylation sites (N-methyl/N-ethyl adjacent to an activating group) is 2. The average molecular weight is 601 g/mol. The number of hydrogen-bond acceptors (Lipinski definition) is 6. The van der Waals surface area contributed by atoms with Gasteiger partial charge in [-0.05, 0) is 87.8 Å². The molecule has 9 heteroatoms. The van der Waals surface area contributed by atoms with Crippen LogP contribution >= 0.6 is 0 Å². The zero-order chi connectivity index (χ0) is 31.7. The highest BCUT2D eigenvalue weighted by molar-refractivity contribution is 6.01. The monoisotopic (exact) mass is 600 g/mol. The molecule has 4 aromatic rings. The molecule has 0 bridgehead atoms. The van der Waals surface area contributed by atoms with Crippen LogP contribution in [0.5, 0.6) is 11.5 Å². The van der Waals surface area contributed by atoms with E-state index in [1.165, 1.54) is 23.6 Å². The zero-order valence-corrected chi connectivity index (χ0v) is 25.9. The molecule has 1 aromatic heterocycles. The summed E-state index contributed by atoms with van der Waals surface area (Å²) >= 11 is 0. The number of imidazole rings is 1. The Morgan fingerprint density at radius 2 is 1.80 bits per heavy atom. The number of amides is 1. The molecule has 45 heavy (non-hydrogen) atoms. The zero-order valence-electron chi connectivity index (χ0n) is 25.9. The largest absolute Gasteiger partial charge is 0.457 e. The third-order valence-corrected chi connectivity index (χ3v) is 8.17. The van der Waals surface area contributed by atoms with Gasteiger partial charge in [-0.25, -0.2) is 14.4 Å². The van der Waals surface area contributed by atoms with Crippen molar-refractivity contribution < 1.29 is 9.53 Å². The molecular weight excluding hydrogens is 564 g/mol. The van der Waals surface area contributed by atoms with Crippen molar-refractivity contribution in [3.05, 3.63) is 129 Å². The fourth-order valence-electron chi connectivity index (χ4n) is 5.38. The maximum absolute atomic E-state index is 14.4. The van der Waals surface area contributed by atoms with E-state index in [1.807, 2.05) is 86.7 Å². The summed E-state index contributed by atoms with van der Waals surface area (Å²) in [5, 5.41) is 0.469. The topological polar surface area (TPSA) is 98.1 Å². The number of benzene rings is 3. The fourth-order valence-corrected chi connectivity index (χ4v) is 5.38. The van der Waals surface area contributed by atoms with E-state index in [1.54, 1.807) is 28.7 Å². The van der Waals surface area contributed by atoms with Gasteiger partial charge in [0, 0.05) is 37.0 Å². The number of fused-ring (bicyclic) bond motifs is 1. The van der Waals surface area contributed by atoms with Crippen LogP contribution in [0.25, 0.3) is 17.1 Å². The minimum absolute atomic E-state index is 0.154. The van der Waals surface area contributed by atoms with E-state index < -0.39 is 0 Å². The van der Waals surface area contributed by atoms with Gasteiger partial charge in [0.2, 0.25) is 5.91 Å². The molecule has 1 amide bonds. The predicted octanol–water partition coefficient (Wildman–Crippen LogP) is 4.10. The van der Waals surface area contributed by atoms with Crippen LogP contribution in [0.1, 0.15) is 25.3 Å². The number of nitrogens with zero attached hydrogens (tertiary/aromatic N) is 5. The third-order valence-electron chi connectivity index (χ3n) is 8.17. The molecule has 9 nitrogen and oxygen atoms in total. The Labute approximate surface area is 261 Å². The number of para-hydroxylation sites is 1. The fraction of sp³-hybridized carbons (Fsp3) is 0.222. The second kappa shape index (κ2) is 12.3. The van der Waals surface area contributed by atoms with Gasteiger partial charge in [-0.2, -0.15) is 0 Å². The highest BCUT2D eigenvalue weighted by atomic mass is 16.5. The Morgan fingerprint density at radius 3 is 2.53 bits per heavy atom. The molecule has 2 aliphatic rings. The Morgan fingerprint density at radius 1 is 1.02 bits per heavy atom. The molecule has 0 spiro atoms. The minimum Gasteiger partial charge on any atom is -0.457 e. The quantitative estimate of drug-likeness (QED) is 0.231. The summed E-state index contributed by atoms with van der Waals surface area (Å²) in [6, 6.07) is 23.0. The molecule has 1 fully saturated rings. The lowest BCUT2D eigenvalue weighted by Crippen LogP contribution is -2.37. The number of carbonyl (C=O) groups excluding carboxylic acids is 1. The van der Waals surface area contributed by atoms with Gasteiger partial charge < -0.3 is 15.4 Å². The predicted molar refractivity (Wildman–Crippen MR) is 176 cm³/mol. The maximum Gasteiger partial charge on any atom is 0.339 e. The van der Waals surface area contributed by atoms with E-state index in [0.29, 0.717) is 51.0 Å². The lowest BCUT2D eigenvalue weighted by atomic mass is 10.1. The Hall–Kier alpha value is -5.37. The number of aryl methyl sites for hydroxylation is 1. The van der Waals surface area contributed by atoms with E-state index in [4.69, 9.17) is 10.5 Å². The molecule has 6 rings (SSSR count). The van der Waals surface area contributed by atoms with Crippen molar-refractivity contribution in [1.82, 2.24) is 14.0 Å². The number of carbonyl (C=O) groups is 1. The first-order valence-corrected chi connectivity index (χ1v) is 15.0. The SMILES string of the molecule is CC1=C=CN=c2c(n(-c3ccc(Oc4ccccc4)cc3C)c(=O)n2-c2cccc(N(C)C(=O)/C=C/CN(C)C3CC3)c2)=C1N. The van der Waals surface area contributed by atoms with Gasteiger partial charge in [-0.3, -0.25) is 14.3 Å². The molecule has 2 N–H and O–H groups in total. The third kappa shape index (κ3) is 6.04. The molecule has 1 saturated carbocycles. The second-order valence-corrected chi connectivity index (χ2v) is 11.4. The summed E-state index contributed by atoms with van der Waals surface area (Å²) in [7, 11) is 3.79. The average Bonchev–Trinajstić information content (AvgIpc) is 3.86. The Balaban J connectivity index is 1.41. The van der Waals surface area contributed by atoms with Crippen LogP contribution < -0.4 is 31.9 Å². The summed E-state index contributed by atoms with van der Waals surface area (Å²) in [5.74, 6) is 1.21. The molecule has 0 unspecified atom stereocenters.